The molecule has 0 saturated heterocycles. The van der Waals surface area contributed by atoms with Gasteiger partial charge in [-0.3, -0.25) is 0 Å². The minimum atomic E-state index is -3.69. The molecule has 0 saturated carbocycles. The number of sulfonamides is 1. The second kappa shape index (κ2) is 5.95. The minimum absolute atomic E-state index is 0.151. The van der Waals surface area contributed by atoms with Crippen molar-refractivity contribution in [3.63, 3.8) is 0 Å². The van der Waals surface area contributed by atoms with Crippen molar-refractivity contribution in [1.29, 1.82) is 0 Å². The summed E-state index contributed by atoms with van der Waals surface area (Å²) in [5, 5.41) is 8.42. The average Bonchev–Trinajstić information content (AvgIpc) is 2.38. The molecule has 0 aliphatic carbocycles. The number of benzene rings is 2. The summed E-state index contributed by atoms with van der Waals surface area (Å²) in [6.07, 6.45) is 0. The van der Waals surface area contributed by atoms with Crippen LogP contribution >= 0.6 is 15.9 Å². The lowest BCUT2D eigenvalue weighted by atomic mass is 10.2. The van der Waals surface area contributed by atoms with Crippen LogP contribution in [0, 0.1) is 6.92 Å². The van der Waals surface area contributed by atoms with Crippen LogP contribution in [0.25, 0.3) is 0 Å². The largest absolute Gasteiger partial charge is 0.381 e. The van der Waals surface area contributed by atoms with Crippen LogP contribution in [-0.4, -0.2) is 8.42 Å². The van der Waals surface area contributed by atoms with Crippen LogP contribution in [0.15, 0.2) is 51.8 Å². The topological polar surface area (TPSA) is 72.2 Å². The third-order valence-corrected chi connectivity index (χ3v) is 4.57. The Hall–Kier alpha value is -1.37. The molecule has 0 unspecified atom stereocenters. The Labute approximate surface area is 127 Å². The van der Waals surface area contributed by atoms with E-state index in [0.717, 1.165) is 15.7 Å². The smallest absolute Gasteiger partial charge is 0.238 e. The first kappa shape index (κ1) is 15.0. The van der Waals surface area contributed by atoms with Gasteiger partial charge in [0, 0.05) is 16.7 Å². The van der Waals surface area contributed by atoms with E-state index in [4.69, 9.17) is 5.14 Å². The van der Waals surface area contributed by atoms with Crippen molar-refractivity contribution in [3.8, 4) is 0 Å². The van der Waals surface area contributed by atoms with Crippen molar-refractivity contribution in [2.45, 2.75) is 18.4 Å². The second-order valence-corrected chi connectivity index (χ2v) is 6.90. The quantitative estimate of drug-likeness (QED) is 0.886. The molecule has 0 radical (unpaired) electrons. The molecular weight excluding hydrogens is 340 g/mol. The Balaban J connectivity index is 2.20. The molecule has 2 aromatic carbocycles. The van der Waals surface area contributed by atoms with Crippen LogP contribution in [0.2, 0.25) is 0 Å². The average molecular weight is 355 g/mol. The normalized spacial score (nSPS) is 11.3. The first-order valence-electron chi connectivity index (χ1n) is 5.98. The number of primary sulfonamides is 1. The fourth-order valence-corrected chi connectivity index (χ4v) is 2.98. The van der Waals surface area contributed by atoms with Crippen molar-refractivity contribution in [1.82, 2.24) is 0 Å². The van der Waals surface area contributed by atoms with Gasteiger partial charge in [-0.15, -0.1) is 0 Å². The Kier molecular flexibility index (Phi) is 4.47. The molecule has 2 aromatic rings. The van der Waals surface area contributed by atoms with Crippen LogP contribution in [0.3, 0.4) is 0 Å². The molecule has 0 aliphatic heterocycles. The molecule has 0 aromatic heterocycles. The van der Waals surface area contributed by atoms with E-state index >= 15 is 0 Å². The van der Waals surface area contributed by atoms with Gasteiger partial charge in [-0.05, 0) is 42.3 Å². The lowest BCUT2D eigenvalue weighted by Gasteiger charge is -2.12. The molecule has 0 atom stereocenters. The molecule has 0 bridgehead atoms. The number of hydrogen-bond acceptors (Lipinski definition) is 3. The second-order valence-electron chi connectivity index (χ2n) is 4.45. The molecule has 0 fully saturated rings. The van der Waals surface area contributed by atoms with E-state index in [1.165, 1.54) is 6.07 Å². The first-order chi connectivity index (χ1) is 9.38. The maximum Gasteiger partial charge on any atom is 0.238 e. The highest BCUT2D eigenvalue weighted by Crippen LogP contribution is 2.22. The molecule has 3 N–H and O–H groups in total. The number of halogens is 1. The Bertz CT molecular complexity index is 712. The van der Waals surface area contributed by atoms with Gasteiger partial charge < -0.3 is 5.32 Å². The zero-order valence-corrected chi connectivity index (χ0v) is 13.3. The van der Waals surface area contributed by atoms with Gasteiger partial charge in [0.1, 0.15) is 0 Å². The molecule has 20 heavy (non-hydrogen) atoms. The molecule has 106 valence electrons. The molecular formula is C14H15BrN2O2S. The van der Waals surface area contributed by atoms with Crippen LogP contribution in [0.1, 0.15) is 11.1 Å². The summed E-state index contributed by atoms with van der Waals surface area (Å²) in [6.45, 7) is 2.35. The maximum atomic E-state index is 11.5. The number of nitrogens with one attached hydrogen (secondary N) is 1. The summed E-state index contributed by atoms with van der Waals surface area (Å²) in [5.41, 5.74) is 2.50. The Morgan fingerprint density at radius 2 is 1.80 bits per heavy atom. The van der Waals surface area contributed by atoms with Crippen molar-refractivity contribution < 1.29 is 8.42 Å². The van der Waals surface area contributed by atoms with Crippen LogP contribution < -0.4 is 10.5 Å². The molecule has 4 nitrogen and oxygen atoms in total. The van der Waals surface area contributed by atoms with Gasteiger partial charge in [0.05, 0.1) is 4.90 Å². The summed E-state index contributed by atoms with van der Waals surface area (Å²) >= 11 is 3.38. The van der Waals surface area contributed by atoms with E-state index < -0.39 is 10.0 Å². The zero-order valence-electron chi connectivity index (χ0n) is 10.9. The summed E-state index contributed by atoms with van der Waals surface area (Å²) in [7, 11) is -3.69. The number of hydrogen-bond donors (Lipinski definition) is 2. The summed E-state index contributed by atoms with van der Waals surface area (Å²) < 4.78 is 23.9. The Morgan fingerprint density at radius 3 is 2.40 bits per heavy atom. The predicted molar refractivity (Wildman–Crippen MR) is 84.0 cm³/mol. The molecule has 6 heteroatoms. The SMILES string of the molecule is Cc1c(NCc2ccc(Br)cc2)cccc1S(N)(=O)=O. The predicted octanol–water partition coefficient (Wildman–Crippen LogP) is 3.02. The van der Waals surface area contributed by atoms with Gasteiger partial charge in [0.15, 0.2) is 0 Å². The summed E-state index contributed by atoms with van der Waals surface area (Å²) in [6, 6.07) is 12.9. The molecule has 2 rings (SSSR count). The van der Waals surface area contributed by atoms with E-state index in [1.807, 2.05) is 30.3 Å². The van der Waals surface area contributed by atoms with Crippen LogP contribution in [-0.2, 0) is 16.6 Å². The number of anilines is 1. The number of rotatable bonds is 4. The highest BCUT2D eigenvalue weighted by Gasteiger charge is 2.13. The third kappa shape index (κ3) is 3.59. The van der Waals surface area contributed by atoms with E-state index in [1.54, 1.807) is 13.0 Å². The first-order valence-corrected chi connectivity index (χ1v) is 8.32. The standard InChI is InChI=1S/C14H15BrN2O2S/c1-10-13(3-2-4-14(10)20(16,18)19)17-9-11-5-7-12(15)8-6-11/h2-8,17H,9H2,1H3,(H2,16,18,19). The van der Waals surface area contributed by atoms with Gasteiger partial charge in [0.2, 0.25) is 10.0 Å². The monoisotopic (exact) mass is 354 g/mol. The number of nitrogens with two attached hydrogens (primary N) is 1. The maximum absolute atomic E-state index is 11.5. The highest BCUT2D eigenvalue weighted by molar-refractivity contribution is 9.10. The lowest BCUT2D eigenvalue weighted by molar-refractivity contribution is 0.597. The van der Waals surface area contributed by atoms with Gasteiger partial charge >= 0.3 is 0 Å². The molecule has 0 spiro atoms. The molecule has 0 aliphatic rings. The van der Waals surface area contributed by atoms with E-state index in [9.17, 15) is 8.42 Å². The Morgan fingerprint density at radius 1 is 1.15 bits per heavy atom. The zero-order chi connectivity index (χ0) is 14.8. The highest BCUT2D eigenvalue weighted by atomic mass is 79.9. The van der Waals surface area contributed by atoms with Crippen molar-refractivity contribution in [3.05, 3.63) is 58.1 Å². The molecule has 0 amide bonds. The minimum Gasteiger partial charge on any atom is -0.381 e. The lowest BCUT2D eigenvalue weighted by Crippen LogP contribution is -2.14. The summed E-state index contributed by atoms with van der Waals surface area (Å²) in [4.78, 5) is 0.151. The fraction of sp³-hybridized carbons (Fsp3) is 0.143. The molecule has 0 heterocycles. The van der Waals surface area contributed by atoms with E-state index in [0.29, 0.717) is 12.1 Å². The van der Waals surface area contributed by atoms with Crippen LogP contribution in [0.5, 0.6) is 0 Å². The fourth-order valence-electron chi connectivity index (χ4n) is 1.91. The van der Waals surface area contributed by atoms with Crippen molar-refractivity contribution in [2.75, 3.05) is 5.32 Å². The van der Waals surface area contributed by atoms with Crippen molar-refractivity contribution >= 4 is 31.6 Å². The van der Waals surface area contributed by atoms with Crippen molar-refractivity contribution in [2.24, 2.45) is 5.14 Å². The van der Waals surface area contributed by atoms with Gasteiger partial charge in [-0.1, -0.05) is 34.1 Å². The van der Waals surface area contributed by atoms with E-state index in [-0.39, 0.29) is 4.90 Å². The van der Waals surface area contributed by atoms with E-state index in [2.05, 4.69) is 21.2 Å². The van der Waals surface area contributed by atoms with Crippen LogP contribution in [0.4, 0.5) is 5.69 Å². The van der Waals surface area contributed by atoms with Gasteiger partial charge in [0.25, 0.3) is 0 Å². The summed E-state index contributed by atoms with van der Waals surface area (Å²) in [5.74, 6) is 0. The third-order valence-electron chi connectivity index (χ3n) is 2.99. The van der Waals surface area contributed by atoms with Gasteiger partial charge in [-0.2, -0.15) is 0 Å². The van der Waals surface area contributed by atoms with Gasteiger partial charge in [-0.25, -0.2) is 13.6 Å².